The summed E-state index contributed by atoms with van der Waals surface area (Å²) in [5.74, 6) is 0.724. The average Bonchev–Trinajstić information content (AvgIpc) is 2.49. The van der Waals surface area contributed by atoms with Crippen LogP contribution in [-0.2, 0) is 13.0 Å². The number of ether oxygens (including phenoxy) is 1. The summed E-state index contributed by atoms with van der Waals surface area (Å²) < 4.78 is 7.02. The summed E-state index contributed by atoms with van der Waals surface area (Å²) in [6, 6.07) is 13.2. The maximum absolute atomic E-state index is 12.4. The van der Waals surface area contributed by atoms with Crippen molar-refractivity contribution < 1.29 is 4.74 Å². The van der Waals surface area contributed by atoms with Gasteiger partial charge in [0.15, 0.2) is 0 Å². The molecule has 0 N–H and O–H groups in total. The van der Waals surface area contributed by atoms with E-state index in [-0.39, 0.29) is 12.0 Å². The van der Waals surface area contributed by atoms with Gasteiger partial charge in [-0.15, -0.1) is 0 Å². The Morgan fingerprint density at radius 2 is 2.00 bits per heavy atom. The fourth-order valence-corrected chi connectivity index (χ4v) is 2.25. The molecule has 0 unspecified atom stereocenters. The molecule has 4 heteroatoms. The Balaban J connectivity index is 2.67. The van der Waals surface area contributed by atoms with Crippen molar-refractivity contribution in [2.75, 3.05) is 7.11 Å². The Kier molecular flexibility index (Phi) is 4.21. The zero-order valence-electron chi connectivity index (χ0n) is 11.6. The molecule has 20 heavy (non-hydrogen) atoms. The minimum atomic E-state index is -0.113. The first-order valence-electron chi connectivity index (χ1n) is 6.46. The maximum Gasteiger partial charge on any atom is 0.255 e. The third-order valence-electron chi connectivity index (χ3n) is 3.22. The van der Waals surface area contributed by atoms with E-state index in [9.17, 15) is 4.79 Å². The quantitative estimate of drug-likeness (QED) is 0.856. The topological polar surface area (TPSA) is 55.0 Å². The number of nitrogens with zero attached hydrogens (tertiary/aromatic N) is 2. The number of para-hydroxylation sites is 1. The molecule has 0 saturated heterocycles. The van der Waals surface area contributed by atoms with Crippen molar-refractivity contribution in [1.82, 2.24) is 4.57 Å². The van der Waals surface area contributed by atoms with Gasteiger partial charge in [-0.1, -0.05) is 18.2 Å². The van der Waals surface area contributed by atoms with E-state index in [1.54, 1.807) is 17.7 Å². The molecule has 0 fully saturated rings. The van der Waals surface area contributed by atoms with E-state index < -0.39 is 0 Å². The van der Waals surface area contributed by atoms with Crippen LogP contribution in [-0.4, -0.2) is 11.7 Å². The van der Waals surface area contributed by atoms with Crippen LogP contribution in [0.25, 0.3) is 11.3 Å². The number of rotatable bonds is 4. The van der Waals surface area contributed by atoms with Crippen LogP contribution in [0.5, 0.6) is 5.75 Å². The van der Waals surface area contributed by atoms with Crippen LogP contribution in [0.4, 0.5) is 0 Å². The van der Waals surface area contributed by atoms with Crippen molar-refractivity contribution in [2.45, 2.75) is 19.9 Å². The van der Waals surface area contributed by atoms with E-state index in [1.807, 2.05) is 43.3 Å². The Labute approximate surface area is 117 Å². The van der Waals surface area contributed by atoms with Gasteiger partial charge in [-0.25, -0.2) is 0 Å². The first kappa shape index (κ1) is 13.9. The third kappa shape index (κ3) is 2.43. The predicted molar refractivity (Wildman–Crippen MR) is 77.7 cm³/mol. The first-order chi connectivity index (χ1) is 9.72. The van der Waals surface area contributed by atoms with E-state index in [0.717, 1.165) is 17.0 Å². The Bertz CT molecular complexity index is 711. The number of hydrogen-bond acceptors (Lipinski definition) is 3. The van der Waals surface area contributed by atoms with Crippen LogP contribution < -0.4 is 10.3 Å². The van der Waals surface area contributed by atoms with E-state index in [1.165, 1.54) is 0 Å². The number of aromatic nitrogens is 1. The van der Waals surface area contributed by atoms with Gasteiger partial charge in [0.2, 0.25) is 0 Å². The molecule has 0 amide bonds. The second-order valence-corrected chi connectivity index (χ2v) is 4.33. The molecule has 0 spiro atoms. The van der Waals surface area contributed by atoms with E-state index >= 15 is 0 Å². The van der Waals surface area contributed by atoms with Crippen molar-refractivity contribution in [2.24, 2.45) is 0 Å². The van der Waals surface area contributed by atoms with Crippen LogP contribution in [0.3, 0.4) is 0 Å². The highest BCUT2D eigenvalue weighted by Gasteiger charge is 2.12. The van der Waals surface area contributed by atoms with Gasteiger partial charge >= 0.3 is 0 Å². The van der Waals surface area contributed by atoms with Gasteiger partial charge in [0, 0.05) is 17.7 Å². The second kappa shape index (κ2) is 6.07. The van der Waals surface area contributed by atoms with E-state index in [2.05, 4.69) is 0 Å². The van der Waals surface area contributed by atoms with Gasteiger partial charge < -0.3 is 9.30 Å². The smallest absolute Gasteiger partial charge is 0.255 e. The summed E-state index contributed by atoms with van der Waals surface area (Å²) in [6.07, 6.45) is 0.130. The van der Waals surface area contributed by atoms with Crippen molar-refractivity contribution >= 4 is 0 Å². The lowest BCUT2D eigenvalue weighted by molar-refractivity contribution is 0.416. The lowest BCUT2D eigenvalue weighted by atomic mass is 10.1. The summed E-state index contributed by atoms with van der Waals surface area (Å²) in [5.41, 5.74) is 2.08. The number of nitriles is 1. The van der Waals surface area contributed by atoms with Crippen LogP contribution in [0, 0.1) is 11.3 Å². The van der Waals surface area contributed by atoms with Gasteiger partial charge in [-0.05, 0) is 25.1 Å². The lowest BCUT2D eigenvalue weighted by Gasteiger charge is -2.14. The molecule has 0 bridgehead atoms. The SMILES string of the molecule is CCn1c(-c2ccccc2OC)ccc(CC#N)c1=O. The van der Waals surface area contributed by atoms with E-state index in [0.29, 0.717) is 12.1 Å². The Morgan fingerprint density at radius 3 is 2.65 bits per heavy atom. The van der Waals surface area contributed by atoms with Gasteiger partial charge in [0.05, 0.1) is 25.3 Å². The highest BCUT2D eigenvalue weighted by atomic mass is 16.5. The van der Waals surface area contributed by atoms with Crippen molar-refractivity contribution in [3.8, 4) is 23.1 Å². The fourth-order valence-electron chi connectivity index (χ4n) is 2.25. The van der Waals surface area contributed by atoms with Crippen LogP contribution in [0.2, 0.25) is 0 Å². The summed E-state index contributed by atoms with van der Waals surface area (Å²) in [6.45, 7) is 2.46. The van der Waals surface area contributed by atoms with Crippen molar-refractivity contribution in [3.05, 3.63) is 52.3 Å². The van der Waals surface area contributed by atoms with Crippen LogP contribution >= 0.6 is 0 Å². The third-order valence-corrected chi connectivity index (χ3v) is 3.22. The lowest BCUT2D eigenvalue weighted by Crippen LogP contribution is -2.24. The predicted octanol–water partition coefficient (Wildman–Crippen LogP) is 2.61. The van der Waals surface area contributed by atoms with Crippen molar-refractivity contribution in [1.29, 1.82) is 5.26 Å². The monoisotopic (exact) mass is 268 g/mol. The Hall–Kier alpha value is -2.54. The molecule has 2 rings (SSSR count). The number of methoxy groups -OCH3 is 1. The van der Waals surface area contributed by atoms with E-state index in [4.69, 9.17) is 10.00 Å². The van der Waals surface area contributed by atoms with Gasteiger partial charge in [0.25, 0.3) is 5.56 Å². The van der Waals surface area contributed by atoms with Crippen LogP contribution in [0.1, 0.15) is 12.5 Å². The molecule has 0 saturated carbocycles. The normalized spacial score (nSPS) is 10.1. The largest absolute Gasteiger partial charge is 0.496 e. The molecule has 4 nitrogen and oxygen atoms in total. The number of benzene rings is 1. The summed E-state index contributed by atoms with van der Waals surface area (Å²) in [7, 11) is 1.61. The number of pyridine rings is 1. The molecular formula is C16H16N2O2. The van der Waals surface area contributed by atoms with Crippen molar-refractivity contribution in [3.63, 3.8) is 0 Å². The van der Waals surface area contributed by atoms with Gasteiger partial charge in [-0.3, -0.25) is 4.79 Å². The minimum absolute atomic E-state index is 0.113. The standard InChI is InChI=1S/C16H16N2O2/c1-3-18-14(9-8-12(10-11-17)16(18)19)13-6-4-5-7-15(13)20-2/h4-9H,3,10H2,1-2H3. The molecule has 0 aliphatic rings. The highest BCUT2D eigenvalue weighted by molar-refractivity contribution is 5.67. The zero-order chi connectivity index (χ0) is 14.5. The molecule has 1 heterocycles. The molecule has 1 aromatic heterocycles. The zero-order valence-corrected chi connectivity index (χ0v) is 11.6. The average molecular weight is 268 g/mol. The van der Waals surface area contributed by atoms with Gasteiger partial charge in [0.1, 0.15) is 5.75 Å². The van der Waals surface area contributed by atoms with Gasteiger partial charge in [-0.2, -0.15) is 5.26 Å². The molecule has 0 aliphatic carbocycles. The maximum atomic E-state index is 12.4. The highest BCUT2D eigenvalue weighted by Crippen LogP contribution is 2.28. The minimum Gasteiger partial charge on any atom is -0.496 e. The molecule has 0 atom stereocenters. The molecule has 0 aliphatic heterocycles. The molecule has 2 aromatic rings. The summed E-state index contributed by atoms with van der Waals surface area (Å²) >= 11 is 0. The molecule has 0 radical (unpaired) electrons. The summed E-state index contributed by atoms with van der Waals surface area (Å²) in [4.78, 5) is 12.4. The first-order valence-corrected chi connectivity index (χ1v) is 6.46. The fraction of sp³-hybridized carbons (Fsp3) is 0.250. The Morgan fingerprint density at radius 1 is 1.25 bits per heavy atom. The summed E-state index contributed by atoms with van der Waals surface area (Å²) in [5, 5.41) is 8.76. The molecular weight excluding hydrogens is 252 g/mol. The molecule has 1 aromatic carbocycles. The molecule has 102 valence electrons. The van der Waals surface area contributed by atoms with Crippen LogP contribution in [0.15, 0.2) is 41.2 Å². The number of hydrogen-bond donors (Lipinski definition) is 0. The second-order valence-electron chi connectivity index (χ2n) is 4.33.